The van der Waals surface area contributed by atoms with E-state index in [1.54, 1.807) is 4.90 Å². The molecular formula is C17H15N3O3S. The van der Waals surface area contributed by atoms with Crippen LogP contribution in [-0.2, 0) is 11.3 Å². The molecule has 7 heteroatoms. The lowest BCUT2D eigenvalue weighted by molar-refractivity contribution is -0.115. The van der Waals surface area contributed by atoms with Gasteiger partial charge in [0, 0.05) is 6.54 Å². The van der Waals surface area contributed by atoms with Gasteiger partial charge in [0.05, 0.1) is 11.4 Å². The van der Waals surface area contributed by atoms with Crippen LogP contribution in [0.25, 0.3) is 0 Å². The van der Waals surface area contributed by atoms with Gasteiger partial charge in [-0.2, -0.15) is 0 Å². The number of thiocarbonyl (C=S) groups is 1. The van der Waals surface area contributed by atoms with E-state index in [2.05, 4.69) is 10.6 Å². The van der Waals surface area contributed by atoms with Gasteiger partial charge in [-0.1, -0.05) is 18.2 Å². The average molecular weight is 341 g/mol. The van der Waals surface area contributed by atoms with Gasteiger partial charge in [-0.3, -0.25) is 4.79 Å². The Morgan fingerprint density at radius 1 is 1.21 bits per heavy atom. The first-order chi connectivity index (χ1) is 11.7. The number of ether oxygens (including phenoxy) is 2. The van der Waals surface area contributed by atoms with Crippen LogP contribution in [0.5, 0.6) is 11.5 Å². The molecule has 4 rings (SSSR count). The summed E-state index contributed by atoms with van der Waals surface area (Å²) in [6.45, 7) is 0.990. The van der Waals surface area contributed by atoms with Crippen LogP contribution in [0.4, 0.5) is 11.4 Å². The second-order valence-corrected chi connectivity index (χ2v) is 5.88. The lowest BCUT2D eigenvalue weighted by Gasteiger charge is -2.31. The third-order valence-electron chi connectivity index (χ3n) is 3.90. The number of carbonyl (C=O) groups excluding carboxylic acids is 1. The van der Waals surface area contributed by atoms with Crippen molar-refractivity contribution >= 4 is 34.6 Å². The summed E-state index contributed by atoms with van der Waals surface area (Å²) in [5, 5.41) is 6.56. The fraction of sp³-hybridized carbons (Fsp3) is 0.176. The van der Waals surface area contributed by atoms with Crippen molar-refractivity contribution in [2.75, 3.05) is 23.6 Å². The van der Waals surface area contributed by atoms with Gasteiger partial charge < -0.3 is 25.0 Å². The molecule has 0 aliphatic carbocycles. The highest BCUT2D eigenvalue weighted by atomic mass is 32.1. The Hall–Kier alpha value is -2.80. The molecule has 0 saturated heterocycles. The van der Waals surface area contributed by atoms with Gasteiger partial charge in [0.15, 0.2) is 16.6 Å². The molecular weight excluding hydrogens is 326 g/mol. The number of rotatable bonds is 2. The molecule has 0 saturated carbocycles. The Labute approximate surface area is 144 Å². The maximum Gasteiger partial charge on any atom is 0.244 e. The summed E-state index contributed by atoms with van der Waals surface area (Å²) in [6.07, 6.45) is 0. The summed E-state index contributed by atoms with van der Waals surface area (Å²) in [5.41, 5.74) is 2.68. The molecule has 0 atom stereocenters. The van der Waals surface area contributed by atoms with E-state index in [0.717, 1.165) is 28.4 Å². The molecule has 0 bridgehead atoms. The Balaban J connectivity index is 1.48. The summed E-state index contributed by atoms with van der Waals surface area (Å²) in [5.74, 6) is 1.41. The maximum absolute atomic E-state index is 11.9. The highest BCUT2D eigenvalue weighted by Crippen LogP contribution is 2.32. The standard InChI is InChI=1S/C17H15N3O3S/c21-16-9-20(13-4-2-1-3-12(13)19-16)17(24)18-8-11-5-6-14-15(7-11)23-10-22-14/h1-7H,8-10H2,(H,18,24)(H,19,21). The maximum atomic E-state index is 11.9. The van der Waals surface area contributed by atoms with Crippen LogP contribution in [0.2, 0.25) is 0 Å². The van der Waals surface area contributed by atoms with E-state index >= 15 is 0 Å². The van der Waals surface area contributed by atoms with Crippen LogP contribution in [0.15, 0.2) is 42.5 Å². The normalized spacial score (nSPS) is 14.8. The smallest absolute Gasteiger partial charge is 0.244 e. The van der Waals surface area contributed by atoms with Crippen LogP contribution in [0.3, 0.4) is 0 Å². The Morgan fingerprint density at radius 3 is 2.96 bits per heavy atom. The van der Waals surface area contributed by atoms with Crippen molar-refractivity contribution in [1.82, 2.24) is 5.32 Å². The molecule has 2 heterocycles. The highest BCUT2D eigenvalue weighted by molar-refractivity contribution is 7.80. The van der Waals surface area contributed by atoms with Crippen molar-refractivity contribution in [2.45, 2.75) is 6.54 Å². The fourth-order valence-electron chi connectivity index (χ4n) is 2.74. The lowest BCUT2D eigenvalue weighted by Crippen LogP contribution is -2.46. The van der Waals surface area contributed by atoms with E-state index < -0.39 is 0 Å². The minimum absolute atomic E-state index is 0.0825. The van der Waals surface area contributed by atoms with Crippen molar-refractivity contribution in [2.24, 2.45) is 0 Å². The molecule has 122 valence electrons. The molecule has 2 aromatic carbocycles. The van der Waals surface area contributed by atoms with Crippen molar-refractivity contribution in [3.8, 4) is 11.5 Å². The average Bonchev–Trinajstić information content (AvgIpc) is 3.06. The molecule has 0 radical (unpaired) electrons. The van der Waals surface area contributed by atoms with E-state index in [1.165, 1.54) is 0 Å². The number of fused-ring (bicyclic) bond motifs is 2. The molecule has 2 aromatic rings. The van der Waals surface area contributed by atoms with E-state index in [1.807, 2.05) is 42.5 Å². The van der Waals surface area contributed by atoms with Crippen LogP contribution in [-0.4, -0.2) is 24.4 Å². The molecule has 2 aliphatic heterocycles. The van der Waals surface area contributed by atoms with E-state index in [-0.39, 0.29) is 19.2 Å². The number of nitrogens with one attached hydrogen (secondary N) is 2. The van der Waals surface area contributed by atoms with E-state index in [0.29, 0.717) is 11.7 Å². The summed E-state index contributed by atoms with van der Waals surface area (Å²) in [4.78, 5) is 13.7. The molecule has 2 N–H and O–H groups in total. The Kier molecular flexibility index (Phi) is 3.70. The van der Waals surface area contributed by atoms with Gasteiger partial charge in [0.1, 0.15) is 6.54 Å². The zero-order valence-corrected chi connectivity index (χ0v) is 13.6. The monoisotopic (exact) mass is 341 g/mol. The van der Waals surface area contributed by atoms with Crippen LogP contribution < -0.4 is 25.0 Å². The minimum Gasteiger partial charge on any atom is -0.454 e. The molecule has 0 fully saturated rings. The number of hydrogen-bond acceptors (Lipinski definition) is 4. The second kappa shape index (κ2) is 6.01. The predicted molar refractivity (Wildman–Crippen MR) is 94.4 cm³/mol. The van der Waals surface area contributed by atoms with E-state index in [4.69, 9.17) is 21.7 Å². The summed E-state index contributed by atoms with van der Waals surface area (Å²) in [7, 11) is 0. The summed E-state index contributed by atoms with van der Waals surface area (Å²) in [6, 6.07) is 13.4. The van der Waals surface area contributed by atoms with Crippen LogP contribution >= 0.6 is 12.2 Å². The number of benzene rings is 2. The molecule has 0 spiro atoms. The van der Waals surface area contributed by atoms with Crippen molar-refractivity contribution in [3.63, 3.8) is 0 Å². The lowest BCUT2D eigenvalue weighted by atomic mass is 10.2. The second-order valence-electron chi connectivity index (χ2n) is 5.50. The quantitative estimate of drug-likeness (QED) is 0.817. The topological polar surface area (TPSA) is 62.8 Å². The van der Waals surface area contributed by atoms with Crippen molar-refractivity contribution in [3.05, 3.63) is 48.0 Å². The third-order valence-corrected chi connectivity index (χ3v) is 4.26. The number of carbonyl (C=O) groups is 1. The predicted octanol–water partition coefficient (Wildman–Crippen LogP) is 2.25. The van der Waals surface area contributed by atoms with Crippen molar-refractivity contribution < 1.29 is 14.3 Å². The summed E-state index contributed by atoms with van der Waals surface area (Å²) < 4.78 is 10.7. The van der Waals surface area contributed by atoms with Crippen molar-refractivity contribution in [1.29, 1.82) is 0 Å². The molecule has 6 nitrogen and oxygen atoms in total. The third kappa shape index (κ3) is 2.74. The van der Waals surface area contributed by atoms with Crippen LogP contribution in [0, 0.1) is 0 Å². The van der Waals surface area contributed by atoms with Gasteiger partial charge >= 0.3 is 0 Å². The first-order valence-corrected chi connectivity index (χ1v) is 7.94. The molecule has 0 aromatic heterocycles. The van der Waals surface area contributed by atoms with Gasteiger partial charge in [-0.05, 0) is 42.0 Å². The van der Waals surface area contributed by atoms with Gasteiger partial charge in [-0.15, -0.1) is 0 Å². The van der Waals surface area contributed by atoms with Crippen LogP contribution in [0.1, 0.15) is 5.56 Å². The Bertz CT molecular complexity index is 824. The Morgan fingerprint density at radius 2 is 2.04 bits per heavy atom. The van der Waals surface area contributed by atoms with Gasteiger partial charge in [0.2, 0.25) is 12.7 Å². The number of para-hydroxylation sites is 2. The number of amides is 1. The fourth-order valence-corrected chi connectivity index (χ4v) is 2.97. The number of nitrogens with zero attached hydrogens (tertiary/aromatic N) is 1. The first kappa shape index (κ1) is 14.8. The summed E-state index contributed by atoms with van der Waals surface area (Å²) >= 11 is 5.48. The highest BCUT2D eigenvalue weighted by Gasteiger charge is 2.24. The molecule has 1 amide bonds. The largest absolute Gasteiger partial charge is 0.454 e. The number of anilines is 2. The zero-order valence-electron chi connectivity index (χ0n) is 12.7. The number of hydrogen-bond donors (Lipinski definition) is 2. The zero-order chi connectivity index (χ0) is 16.5. The minimum atomic E-state index is -0.0825. The molecule has 24 heavy (non-hydrogen) atoms. The van der Waals surface area contributed by atoms with E-state index in [9.17, 15) is 4.79 Å². The van der Waals surface area contributed by atoms with Gasteiger partial charge in [-0.25, -0.2) is 0 Å². The molecule has 2 aliphatic rings. The molecule has 0 unspecified atom stereocenters. The first-order valence-electron chi connectivity index (χ1n) is 7.53. The van der Waals surface area contributed by atoms with Gasteiger partial charge in [0.25, 0.3) is 0 Å². The SMILES string of the molecule is O=C1CN(C(=S)NCc2ccc3c(c2)OCO3)c2ccccc2N1.